The number of aryl methyl sites for hydroxylation is 1. The first kappa shape index (κ1) is 16.5. The fourth-order valence-corrected chi connectivity index (χ4v) is 3.11. The van der Waals surface area contributed by atoms with Gasteiger partial charge in [0.2, 0.25) is 0 Å². The summed E-state index contributed by atoms with van der Waals surface area (Å²) in [5.41, 5.74) is 8.77. The van der Waals surface area contributed by atoms with Gasteiger partial charge in [0.1, 0.15) is 0 Å². The maximum atomic E-state index is 6.19. The molecule has 0 aromatic carbocycles. The molecule has 1 fully saturated rings. The lowest BCUT2D eigenvalue weighted by Gasteiger charge is -2.32. The van der Waals surface area contributed by atoms with Crippen molar-refractivity contribution < 1.29 is 0 Å². The van der Waals surface area contributed by atoms with E-state index in [-0.39, 0.29) is 5.41 Å². The van der Waals surface area contributed by atoms with E-state index in [4.69, 9.17) is 10.8 Å². The van der Waals surface area contributed by atoms with Gasteiger partial charge in [0.15, 0.2) is 0 Å². The summed E-state index contributed by atoms with van der Waals surface area (Å²) in [4.78, 5) is 2.63. The lowest BCUT2D eigenvalue weighted by Crippen LogP contribution is -2.37. The second-order valence-corrected chi connectivity index (χ2v) is 7.43. The van der Waals surface area contributed by atoms with Crippen LogP contribution in [0.3, 0.4) is 0 Å². The largest absolute Gasteiger partial charge is 0.329 e. The average molecular weight is 292 g/mol. The number of hydrogen-bond donors (Lipinski definition) is 1. The zero-order valence-electron chi connectivity index (χ0n) is 14.4. The maximum absolute atomic E-state index is 6.19. The van der Waals surface area contributed by atoms with Crippen molar-refractivity contribution >= 4 is 0 Å². The Bertz CT molecular complexity index is 454. The van der Waals surface area contributed by atoms with Gasteiger partial charge in [-0.25, -0.2) is 0 Å². The molecular formula is C17H32N4. The van der Waals surface area contributed by atoms with Crippen LogP contribution < -0.4 is 5.73 Å². The Morgan fingerprint density at radius 2 is 2.10 bits per heavy atom. The summed E-state index contributed by atoms with van der Waals surface area (Å²) in [5.74, 6) is 0. The van der Waals surface area contributed by atoms with Gasteiger partial charge >= 0.3 is 0 Å². The molecule has 4 nitrogen and oxygen atoms in total. The predicted octanol–water partition coefficient (Wildman–Crippen LogP) is 2.98. The second kappa shape index (κ2) is 6.49. The van der Waals surface area contributed by atoms with Gasteiger partial charge in [-0.2, -0.15) is 5.10 Å². The van der Waals surface area contributed by atoms with E-state index in [0.29, 0.717) is 12.6 Å². The molecule has 1 saturated carbocycles. The Hall–Kier alpha value is -0.870. The molecule has 21 heavy (non-hydrogen) atoms. The number of aromatic nitrogens is 2. The first-order valence-electron chi connectivity index (χ1n) is 8.38. The van der Waals surface area contributed by atoms with Gasteiger partial charge in [0.05, 0.1) is 11.7 Å². The molecule has 0 spiro atoms. The van der Waals surface area contributed by atoms with Crippen LogP contribution in [-0.4, -0.2) is 33.8 Å². The van der Waals surface area contributed by atoms with Crippen LogP contribution in [-0.2, 0) is 12.5 Å². The standard InChI is InChI=1S/C17H32N4/c1-6-7-10-21(13-8-9-13)15(11-18)14-12-20(5)19-16(14)17(2,3)4/h12-13,15H,6-11,18H2,1-5H3. The van der Waals surface area contributed by atoms with E-state index in [0.717, 1.165) is 12.6 Å². The van der Waals surface area contributed by atoms with Crippen molar-refractivity contribution in [2.24, 2.45) is 12.8 Å². The summed E-state index contributed by atoms with van der Waals surface area (Å²) >= 11 is 0. The summed E-state index contributed by atoms with van der Waals surface area (Å²) in [6.07, 6.45) is 7.31. The van der Waals surface area contributed by atoms with E-state index >= 15 is 0 Å². The highest BCUT2D eigenvalue weighted by Crippen LogP contribution is 2.37. The van der Waals surface area contributed by atoms with Crippen LogP contribution in [0.5, 0.6) is 0 Å². The molecule has 0 amide bonds. The van der Waals surface area contributed by atoms with Crippen LogP contribution in [0.4, 0.5) is 0 Å². The molecule has 1 aromatic heterocycles. The Kier molecular flexibility index (Phi) is 5.10. The molecule has 1 aliphatic carbocycles. The van der Waals surface area contributed by atoms with Gasteiger partial charge in [-0.05, 0) is 25.8 Å². The smallest absolute Gasteiger partial charge is 0.0726 e. The highest BCUT2D eigenvalue weighted by atomic mass is 15.3. The highest BCUT2D eigenvalue weighted by Gasteiger charge is 2.36. The molecule has 1 aromatic rings. The van der Waals surface area contributed by atoms with E-state index in [1.165, 1.54) is 36.9 Å². The molecule has 0 bridgehead atoms. The van der Waals surface area contributed by atoms with Gasteiger partial charge in [0.25, 0.3) is 0 Å². The normalized spacial score (nSPS) is 17.5. The molecule has 0 aliphatic heterocycles. The number of nitrogens with zero attached hydrogens (tertiary/aromatic N) is 3. The van der Waals surface area contributed by atoms with Crippen molar-refractivity contribution in [1.82, 2.24) is 14.7 Å². The highest BCUT2D eigenvalue weighted by molar-refractivity contribution is 5.28. The first-order valence-corrected chi connectivity index (χ1v) is 8.38. The minimum Gasteiger partial charge on any atom is -0.329 e. The Morgan fingerprint density at radius 1 is 1.43 bits per heavy atom. The molecular weight excluding hydrogens is 260 g/mol. The van der Waals surface area contributed by atoms with Crippen molar-refractivity contribution in [2.75, 3.05) is 13.1 Å². The van der Waals surface area contributed by atoms with Crippen LogP contribution in [0, 0.1) is 0 Å². The zero-order valence-corrected chi connectivity index (χ0v) is 14.4. The fourth-order valence-electron chi connectivity index (χ4n) is 3.11. The SMILES string of the molecule is CCCCN(C1CC1)C(CN)c1cn(C)nc1C(C)(C)C. The Morgan fingerprint density at radius 3 is 2.57 bits per heavy atom. The molecule has 1 atom stereocenters. The monoisotopic (exact) mass is 292 g/mol. The third-order valence-electron chi connectivity index (χ3n) is 4.34. The van der Waals surface area contributed by atoms with Crippen molar-refractivity contribution in [3.63, 3.8) is 0 Å². The van der Waals surface area contributed by atoms with Gasteiger partial charge in [-0.3, -0.25) is 9.58 Å². The van der Waals surface area contributed by atoms with E-state index in [1.54, 1.807) is 0 Å². The van der Waals surface area contributed by atoms with Crippen molar-refractivity contribution in [3.8, 4) is 0 Å². The van der Waals surface area contributed by atoms with E-state index in [9.17, 15) is 0 Å². The number of unbranched alkanes of at least 4 members (excludes halogenated alkanes) is 1. The third-order valence-corrected chi connectivity index (χ3v) is 4.34. The number of nitrogens with two attached hydrogens (primary N) is 1. The molecule has 1 unspecified atom stereocenters. The molecule has 2 N–H and O–H groups in total. The van der Waals surface area contributed by atoms with Crippen molar-refractivity contribution in [3.05, 3.63) is 17.5 Å². The average Bonchev–Trinajstić information content (AvgIpc) is 3.16. The van der Waals surface area contributed by atoms with E-state index in [1.807, 2.05) is 11.7 Å². The van der Waals surface area contributed by atoms with Crippen LogP contribution >= 0.6 is 0 Å². The van der Waals surface area contributed by atoms with Gasteiger partial charge in [-0.1, -0.05) is 34.1 Å². The second-order valence-electron chi connectivity index (χ2n) is 7.43. The maximum Gasteiger partial charge on any atom is 0.0726 e. The van der Waals surface area contributed by atoms with Gasteiger partial charge < -0.3 is 5.73 Å². The van der Waals surface area contributed by atoms with Gasteiger partial charge in [-0.15, -0.1) is 0 Å². The van der Waals surface area contributed by atoms with Crippen molar-refractivity contribution in [1.29, 1.82) is 0 Å². The van der Waals surface area contributed by atoms with Crippen LogP contribution in [0.25, 0.3) is 0 Å². The van der Waals surface area contributed by atoms with Crippen LogP contribution in [0.1, 0.15) is 70.7 Å². The summed E-state index contributed by atoms with van der Waals surface area (Å²) in [6, 6.07) is 1.05. The van der Waals surface area contributed by atoms with Crippen LogP contribution in [0.15, 0.2) is 6.20 Å². The van der Waals surface area contributed by atoms with Crippen LogP contribution in [0.2, 0.25) is 0 Å². The molecule has 4 heteroatoms. The minimum absolute atomic E-state index is 0.0595. The Labute approximate surface area is 129 Å². The third kappa shape index (κ3) is 3.86. The first-order chi connectivity index (χ1) is 9.88. The summed E-state index contributed by atoms with van der Waals surface area (Å²) in [5, 5.41) is 4.73. The Balaban J connectivity index is 2.31. The molecule has 0 radical (unpaired) electrons. The number of rotatable bonds is 7. The summed E-state index contributed by atoms with van der Waals surface area (Å²) in [6.45, 7) is 10.8. The number of hydrogen-bond acceptors (Lipinski definition) is 3. The molecule has 0 saturated heterocycles. The van der Waals surface area contributed by atoms with E-state index in [2.05, 4.69) is 38.8 Å². The molecule has 1 heterocycles. The summed E-state index contributed by atoms with van der Waals surface area (Å²) in [7, 11) is 2.01. The lowest BCUT2D eigenvalue weighted by atomic mass is 9.87. The fraction of sp³-hybridized carbons (Fsp3) is 0.824. The van der Waals surface area contributed by atoms with Crippen molar-refractivity contribution in [2.45, 2.75) is 70.9 Å². The predicted molar refractivity (Wildman–Crippen MR) is 88.3 cm³/mol. The minimum atomic E-state index is 0.0595. The lowest BCUT2D eigenvalue weighted by molar-refractivity contribution is 0.186. The topological polar surface area (TPSA) is 47.1 Å². The molecule has 120 valence electrons. The quantitative estimate of drug-likeness (QED) is 0.840. The molecule has 2 rings (SSSR count). The van der Waals surface area contributed by atoms with Gasteiger partial charge in [0, 0.05) is 36.8 Å². The molecule has 1 aliphatic rings. The summed E-state index contributed by atoms with van der Waals surface area (Å²) < 4.78 is 1.95. The van der Waals surface area contributed by atoms with E-state index < -0.39 is 0 Å². The zero-order chi connectivity index (χ0) is 15.6.